The van der Waals surface area contributed by atoms with Gasteiger partial charge in [-0.2, -0.15) is 0 Å². The number of halogens is 2. The maximum Gasteiger partial charge on any atom is 0.181 e. The highest BCUT2D eigenvalue weighted by atomic mass is 79.9. The van der Waals surface area contributed by atoms with Crippen LogP contribution in [0.5, 0.6) is 0 Å². The van der Waals surface area contributed by atoms with Crippen LogP contribution in [-0.4, -0.2) is 11.2 Å². The number of ketones is 1. The molecule has 0 saturated carbocycles. The molecule has 0 radical (unpaired) electrons. The van der Waals surface area contributed by atoms with E-state index in [-0.39, 0.29) is 5.78 Å². The van der Waals surface area contributed by atoms with Crippen molar-refractivity contribution in [3.8, 4) is 0 Å². The van der Waals surface area contributed by atoms with E-state index in [1.165, 1.54) is 0 Å². The van der Waals surface area contributed by atoms with Crippen LogP contribution in [-0.2, 0) is 0 Å². The molecule has 0 saturated heterocycles. The van der Waals surface area contributed by atoms with Crippen molar-refractivity contribution >= 4 is 33.3 Å². The molecule has 1 aromatic carbocycles. The molecule has 0 aliphatic carbocycles. The van der Waals surface area contributed by atoms with Crippen molar-refractivity contribution in [1.29, 1.82) is 0 Å². The van der Waals surface area contributed by atoms with Crippen LogP contribution in [0, 0.1) is 6.92 Å². The van der Waals surface area contributed by atoms with Crippen molar-refractivity contribution < 1.29 is 4.79 Å². The van der Waals surface area contributed by atoms with Gasteiger partial charge < -0.3 is 0 Å². The molecule has 0 N–H and O–H groups in total. The Kier molecular flexibility index (Phi) is 3.51. The second-order valence-electron chi connectivity index (χ2n) is 2.91. The van der Waals surface area contributed by atoms with Gasteiger partial charge in [0.2, 0.25) is 0 Å². The number of hydrogen-bond donors (Lipinski definition) is 0. The Hall–Kier alpha value is -0.340. The lowest BCUT2D eigenvalue weighted by Gasteiger charge is -2.08. The maximum absolute atomic E-state index is 11.6. The van der Waals surface area contributed by atoms with E-state index < -0.39 is 5.38 Å². The fourth-order valence-electron chi connectivity index (χ4n) is 1.14. The lowest BCUT2D eigenvalue weighted by Crippen LogP contribution is -2.12. The van der Waals surface area contributed by atoms with E-state index in [4.69, 9.17) is 11.6 Å². The maximum atomic E-state index is 11.6. The lowest BCUT2D eigenvalue weighted by atomic mass is 10.0. The van der Waals surface area contributed by atoms with Crippen molar-refractivity contribution in [2.75, 3.05) is 0 Å². The van der Waals surface area contributed by atoms with E-state index in [1.807, 2.05) is 25.1 Å². The monoisotopic (exact) mass is 260 g/mol. The van der Waals surface area contributed by atoms with E-state index in [1.54, 1.807) is 6.92 Å². The smallest absolute Gasteiger partial charge is 0.181 e. The van der Waals surface area contributed by atoms with Gasteiger partial charge in [-0.05, 0) is 25.5 Å². The van der Waals surface area contributed by atoms with E-state index in [9.17, 15) is 4.79 Å². The molecule has 0 fully saturated rings. The Morgan fingerprint density at radius 2 is 2.15 bits per heavy atom. The highest BCUT2D eigenvalue weighted by molar-refractivity contribution is 9.10. The molecule has 0 amide bonds. The Bertz CT molecular complexity index is 313. The number of hydrogen-bond acceptors (Lipinski definition) is 1. The molecular formula is C10H10BrClO. The van der Waals surface area contributed by atoms with E-state index >= 15 is 0 Å². The Morgan fingerprint density at radius 3 is 2.62 bits per heavy atom. The third-order valence-corrected chi connectivity index (χ3v) is 2.69. The van der Waals surface area contributed by atoms with E-state index in [0.29, 0.717) is 5.56 Å². The molecule has 1 atom stereocenters. The summed E-state index contributed by atoms with van der Waals surface area (Å²) in [5.74, 6) is -0.0355. The van der Waals surface area contributed by atoms with Crippen molar-refractivity contribution in [3.05, 3.63) is 33.8 Å². The van der Waals surface area contributed by atoms with Gasteiger partial charge in [-0.15, -0.1) is 11.6 Å². The summed E-state index contributed by atoms with van der Waals surface area (Å²) in [6, 6.07) is 5.64. The highest BCUT2D eigenvalue weighted by Gasteiger charge is 2.16. The van der Waals surface area contributed by atoms with E-state index in [0.717, 1.165) is 10.0 Å². The molecule has 70 valence electrons. The number of carbonyl (C=O) groups is 1. The zero-order valence-corrected chi connectivity index (χ0v) is 9.82. The molecule has 1 nitrogen and oxygen atoms in total. The number of aryl methyl sites for hydroxylation is 1. The molecule has 0 aliphatic rings. The molecule has 0 heterocycles. The minimum absolute atomic E-state index is 0.0355. The minimum atomic E-state index is -0.475. The topological polar surface area (TPSA) is 17.1 Å². The average molecular weight is 262 g/mol. The summed E-state index contributed by atoms with van der Waals surface area (Å²) in [6.45, 7) is 3.58. The number of Topliss-reactive ketones (excluding diaryl/α,β-unsaturated/α-hetero) is 1. The van der Waals surface area contributed by atoms with Crippen LogP contribution >= 0.6 is 27.5 Å². The van der Waals surface area contributed by atoms with Crippen LogP contribution in [0.3, 0.4) is 0 Å². The largest absolute Gasteiger partial charge is 0.292 e. The third kappa shape index (κ3) is 2.32. The summed E-state index contributed by atoms with van der Waals surface area (Å²) in [4.78, 5) is 11.6. The van der Waals surface area contributed by atoms with Crippen molar-refractivity contribution in [2.24, 2.45) is 0 Å². The molecule has 1 unspecified atom stereocenters. The first-order valence-electron chi connectivity index (χ1n) is 3.97. The summed E-state index contributed by atoms with van der Waals surface area (Å²) in [7, 11) is 0. The van der Waals surface area contributed by atoms with Gasteiger partial charge in [-0.25, -0.2) is 0 Å². The summed E-state index contributed by atoms with van der Waals surface area (Å²) in [6.07, 6.45) is 0. The van der Waals surface area contributed by atoms with Gasteiger partial charge in [0.05, 0.1) is 5.38 Å². The Balaban J connectivity index is 3.20. The van der Waals surface area contributed by atoms with Gasteiger partial charge >= 0.3 is 0 Å². The van der Waals surface area contributed by atoms with Crippen LogP contribution in [0.2, 0.25) is 0 Å². The SMILES string of the molecule is Cc1cccc(Br)c1C(=O)C(C)Cl. The summed E-state index contributed by atoms with van der Waals surface area (Å²) < 4.78 is 0.810. The molecule has 13 heavy (non-hydrogen) atoms. The van der Waals surface area contributed by atoms with Gasteiger partial charge in [0, 0.05) is 10.0 Å². The number of alkyl halides is 1. The van der Waals surface area contributed by atoms with Gasteiger partial charge in [0.15, 0.2) is 5.78 Å². The number of carbonyl (C=O) groups excluding carboxylic acids is 1. The Morgan fingerprint density at radius 1 is 1.54 bits per heavy atom. The predicted octanol–water partition coefficient (Wildman–Crippen LogP) is 3.57. The highest BCUT2D eigenvalue weighted by Crippen LogP contribution is 2.22. The van der Waals surface area contributed by atoms with Crippen LogP contribution in [0.25, 0.3) is 0 Å². The van der Waals surface area contributed by atoms with Crippen molar-refractivity contribution in [2.45, 2.75) is 19.2 Å². The van der Waals surface area contributed by atoms with Crippen molar-refractivity contribution in [1.82, 2.24) is 0 Å². The molecule has 0 spiro atoms. The summed E-state index contributed by atoms with van der Waals surface area (Å²) in [5, 5.41) is -0.475. The molecular weight excluding hydrogens is 251 g/mol. The normalized spacial score (nSPS) is 12.6. The first kappa shape index (κ1) is 10.7. The van der Waals surface area contributed by atoms with Gasteiger partial charge in [0.25, 0.3) is 0 Å². The first-order chi connectivity index (χ1) is 6.04. The van der Waals surface area contributed by atoms with Gasteiger partial charge in [-0.3, -0.25) is 4.79 Å². The molecule has 1 rings (SSSR count). The third-order valence-electron chi connectivity index (χ3n) is 1.83. The number of benzene rings is 1. The van der Waals surface area contributed by atoms with Crippen molar-refractivity contribution in [3.63, 3.8) is 0 Å². The second-order valence-corrected chi connectivity index (χ2v) is 4.42. The lowest BCUT2D eigenvalue weighted by molar-refractivity contribution is 0.0990. The number of rotatable bonds is 2. The molecule has 0 bridgehead atoms. The first-order valence-corrected chi connectivity index (χ1v) is 5.20. The van der Waals surface area contributed by atoms with Gasteiger partial charge in [0.1, 0.15) is 0 Å². The molecule has 1 aromatic rings. The Labute approximate surface area is 91.2 Å². The zero-order chi connectivity index (χ0) is 10.0. The predicted molar refractivity (Wildman–Crippen MR) is 58.5 cm³/mol. The fourth-order valence-corrected chi connectivity index (χ4v) is 1.91. The molecule has 3 heteroatoms. The molecule has 0 aromatic heterocycles. The summed E-state index contributed by atoms with van der Waals surface area (Å²) in [5.41, 5.74) is 1.64. The average Bonchev–Trinajstić information content (AvgIpc) is 2.03. The van der Waals surface area contributed by atoms with Crippen LogP contribution in [0.15, 0.2) is 22.7 Å². The summed E-state index contributed by atoms with van der Waals surface area (Å²) >= 11 is 9.07. The fraction of sp³-hybridized carbons (Fsp3) is 0.300. The quantitative estimate of drug-likeness (QED) is 0.587. The second kappa shape index (κ2) is 4.25. The van der Waals surface area contributed by atoms with Crippen LogP contribution in [0.4, 0.5) is 0 Å². The van der Waals surface area contributed by atoms with E-state index in [2.05, 4.69) is 15.9 Å². The van der Waals surface area contributed by atoms with Crippen LogP contribution in [0.1, 0.15) is 22.8 Å². The van der Waals surface area contributed by atoms with Crippen LogP contribution < -0.4 is 0 Å². The molecule has 0 aliphatic heterocycles. The standard InChI is InChI=1S/C10H10BrClO/c1-6-4-3-5-8(11)9(6)10(13)7(2)12/h3-5,7H,1-2H3. The minimum Gasteiger partial charge on any atom is -0.292 e. The van der Waals surface area contributed by atoms with Gasteiger partial charge in [-0.1, -0.05) is 28.1 Å². The zero-order valence-electron chi connectivity index (χ0n) is 7.47.